The van der Waals surface area contributed by atoms with Crippen LogP contribution in [0.25, 0.3) is 0 Å². The van der Waals surface area contributed by atoms with Crippen molar-refractivity contribution in [1.29, 1.82) is 0 Å². The lowest BCUT2D eigenvalue weighted by Crippen LogP contribution is -2.57. The van der Waals surface area contributed by atoms with Gasteiger partial charge in [0.1, 0.15) is 0 Å². The van der Waals surface area contributed by atoms with Crippen molar-refractivity contribution in [2.24, 2.45) is 4.99 Å². The van der Waals surface area contributed by atoms with Crippen molar-refractivity contribution >= 4 is 50.6 Å². The first-order valence-corrected chi connectivity index (χ1v) is 11.0. The minimum absolute atomic E-state index is 0. The molecule has 1 N–H and O–H groups in total. The summed E-state index contributed by atoms with van der Waals surface area (Å²) in [5, 5.41) is 3.21. The van der Waals surface area contributed by atoms with Crippen LogP contribution < -0.4 is 5.32 Å². The van der Waals surface area contributed by atoms with Gasteiger partial charge in [-0.3, -0.25) is 9.20 Å². The molecule has 1 saturated heterocycles. The van der Waals surface area contributed by atoms with Crippen LogP contribution in [0.1, 0.15) is 41.5 Å². The Hall–Kier alpha value is 0.1000. The first-order valence-electron chi connectivity index (χ1n) is 8.05. The van der Waals surface area contributed by atoms with Crippen LogP contribution in [0.4, 0.5) is 0 Å². The Bertz CT molecular complexity index is 569. The van der Waals surface area contributed by atoms with E-state index in [9.17, 15) is 12.6 Å². The van der Waals surface area contributed by atoms with Gasteiger partial charge in [0.25, 0.3) is 0 Å². The monoisotopic (exact) mass is 493 g/mol. The van der Waals surface area contributed by atoms with Crippen LogP contribution in [0.3, 0.4) is 0 Å². The van der Waals surface area contributed by atoms with E-state index in [1.165, 1.54) is 0 Å². The molecule has 6 nitrogen and oxygen atoms in total. The maximum atomic E-state index is 12.1. The zero-order valence-corrected chi connectivity index (χ0v) is 19.5. The van der Waals surface area contributed by atoms with Gasteiger partial charge in [-0.05, 0) is 41.5 Å². The van der Waals surface area contributed by atoms with Crippen LogP contribution in [0.15, 0.2) is 4.99 Å². The average Bonchev–Trinajstić information content (AvgIpc) is 2.40. The van der Waals surface area contributed by atoms with E-state index in [4.69, 9.17) is 0 Å². The highest BCUT2D eigenvalue weighted by Gasteiger charge is 2.40. The van der Waals surface area contributed by atoms with Crippen molar-refractivity contribution in [3.63, 3.8) is 0 Å². The molecule has 0 aromatic rings. The van der Waals surface area contributed by atoms with Crippen molar-refractivity contribution in [3.8, 4) is 0 Å². The van der Waals surface area contributed by atoms with Crippen molar-refractivity contribution in [2.75, 3.05) is 37.7 Å². The largest absolute Gasteiger partial charge is 0.357 e. The van der Waals surface area contributed by atoms with Gasteiger partial charge >= 0.3 is 0 Å². The van der Waals surface area contributed by atoms with Gasteiger partial charge in [0.05, 0.1) is 17.0 Å². The van der Waals surface area contributed by atoms with Gasteiger partial charge in [0.15, 0.2) is 15.8 Å². The Kier molecular flexibility index (Phi) is 9.20. The second kappa shape index (κ2) is 9.16. The molecule has 144 valence electrons. The number of halogens is 1. The second-order valence-corrected chi connectivity index (χ2v) is 12.5. The molecular weight excluding hydrogens is 461 g/mol. The highest BCUT2D eigenvalue weighted by atomic mass is 127. The molecule has 24 heavy (non-hydrogen) atoms. The van der Waals surface area contributed by atoms with Crippen molar-refractivity contribution < 1.29 is 12.6 Å². The molecule has 0 radical (unpaired) electrons. The smallest absolute Gasteiger partial charge is 0.194 e. The lowest BCUT2D eigenvalue weighted by Gasteiger charge is -2.39. The molecule has 0 aliphatic carbocycles. The summed E-state index contributed by atoms with van der Waals surface area (Å²) in [5.41, 5.74) is 0. The fourth-order valence-corrected chi connectivity index (χ4v) is 4.53. The quantitative estimate of drug-likeness (QED) is 0.366. The Morgan fingerprint density at radius 2 is 1.92 bits per heavy atom. The normalized spacial score (nSPS) is 21.8. The van der Waals surface area contributed by atoms with E-state index in [2.05, 4.69) is 10.3 Å². The van der Waals surface area contributed by atoms with E-state index in [0.717, 1.165) is 0 Å². The molecule has 0 amide bonds. The number of hydrogen-bond acceptors (Lipinski definition) is 4. The van der Waals surface area contributed by atoms with E-state index < -0.39 is 25.4 Å². The van der Waals surface area contributed by atoms with E-state index in [0.29, 0.717) is 37.9 Å². The van der Waals surface area contributed by atoms with E-state index in [1.807, 2.05) is 32.6 Å². The molecule has 1 unspecified atom stereocenters. The van der Waals surface area contributed by atoms with Crippen LogP contribution >= 0.6 is 24.0 Å². The molecule has 9 heteroatoms. The van der Waals surface area contributed by atoms with Crippen LogP contribution in [0, 0.1) is 0 Å². The summed E-state index contributed by atoms with van der Waals surface area (Å²) in [6.07, 6.45) is 0. The number of aliphatic imine (C=N–C) groups is 1. The Labute approximate surface area is 166 Å². The zero-order chi connectivity index (χ0) is 17.9. The lowest BCUT2D eigenvalue weighted by atomic mass is 10.2. The number of sulfone groups is 1. The zero-order valence-electron chi connectivity index (χ0n) is 15.6. The summed E-state index contributed by atoms with van der Waals surface area (Å²) < 4.78 is 35.3. The predicted molar refractivity (Wildman–Crippen MR) is 114 cm³/mol. The molecule has 0 spiro atoms. The lowest BCUT2D eigenvalue weighted by molar-refractivity contribution is 0.353. The first kappa shape index (κ1) is 24.1. The van der Waals surface area contributed by atoms with Crippen LogP contribution in [0.2, 0.25) is 0 Å². The molecule has 1 fully saturated rings. The van der Waals surface area contributed by atoms with Gasteiger partial charge in [-0.2, -0.15) is 0 Å². The second-order valence-electron chi connectivity index (χ2n) is 7.40. The maximum Gasteiger partial charge on any atom is 0.194 e. The molecule has 1 aliphatic heterocycles. The summed E-state index contributed by atoms with van der Waals surface area (Å²) in [7, 11) is -4.01. The molecule has 0 aromatic carbocycles. The van der Waals surface area contributed by atoms with E-state index in [1.54, 1.807) is 13.8 Å². The van der Waals surface area contributed by atoms with E-state index in [-0.39, 0.29) is 34.5 Å². The Balaban J connectivity index is 0.00000529. The SMILES string of the molecule is CCNC(=NCCS(=O)C(C)(C)C)N1CCS(=O)(=O)C(C)(C)C1.I. The summed E-state index contributed by atoms with van der Waals surface area (Å²) in [6, 6.07) is 0. The van der Waals surface area contributed by atoms with Crippen molar-refractivity contribution in [3.05, 3.63) is 0 Å². The molecule has 1 rings (SSSR count). The first-order chi connectivity index (χ1) is 10.4. The molecule has 1 aliphatic rings. The van der Waals surface area contributed by atoms with Gasteiger partial charge in [-0.15, -0.1) is 24.0 Å². The van der Waals surface area contributed by atoms with Crippen LogP contribution in [0.5, 0.6) is 0 Å². The minimum Gasteiger partial charge on any atom is -0.357 e. The summed E-state index contributed by atoms with van der Waals surface area (Å²) in [5.74, 6) is 1.35. The number of nitrogens with zero attached hydrogens (tertiary/aromatic N) is 2. The standard InChI is InChI=1S/C15H31N3O3S2.HI/c1-7-16-13(17-8-10-22(19)14(2,3)4)18-9-11-23(20,21)15(5,6)12-18;/h7-12H2,1-6H3,(H,16,17);1H. The third-order valence-corrected chi connectivity index (χ3v) is 8.35. The third kappa shape index (κ3) is 6.44. The topological polar surface area (TPSA) is 78.8 Å². The van der Waals surface area contributed by atoms with Gasteiger partial charge in [0.2, 0.25) is 0 Å². The van der Waals surface area contributed by atoms with E-state index >= 15 is 0 Å². The van der Waals surface area contributed by atoms with Gasteiger partial charge in [-0.1, -0.05) is 0 Å². The third-order valence-electron chi connectivity index (χ3n) is 3.90. The fraction of sp³-hybridized carbons (Fsp3) is 0.933. The number of nitrogens with one attached hydrogen (secondary N) is 1. The van der Waals surface area contributed by atoms with Crippen LogP contribution in [-0.2, 0) is 20.6 Å². The van der Waals surface area contributed by atoms with Crippen molar-refractivity contribution in [1.82, 2.24) is 10.2 Å². The molecular formula is C15H32IN3O3S2. The van der Waals surface area contributed by atoms with Gasteiger partial charge in [-0.25, -0.2) is 8.42 Å². The highest BCUT2D eigenvalue weighted by Crippen LogP contribution is 2.23. The van der Waals surface area contributed by atoms with Gasteiger partial charge < -0.3 is 10.2 Å². The average molecular weight is 493 g/mol. The molecule has 1 atom stereocenters. The number of hydrogen-bond donors (Lipinski definition) is 1. The number of guanidine groups is 1. The summed E-state index contributed by atoms with van der Waals surface area (Å²) in [4.78, 5) is 6.54. The Morgan fingerprint density at radius 3 is 2.38 bits per heavy atom. The number of rotatable bonds is 4. The van der Waals surface area contributed by atoms with Crippen LogP contribution in [-0.4, -0.2) is 70.7 Å². The predicted octanol–water partition coefficient (Wildman–Crippen LogP) is 1.63. The van der Waals surface area contributed by atoms with Gasteiger partial charge in [0, 0.05) is 40.9 Å². The molecule has 0 bridgehead atoms. The minimum atomic E-state index is -3.07. The highest BCUT2D eigenvalue weighted by molar-refractivity contribution is 14.0. The Morgan fingerprint density at radius 1 is 1.33 bits per heavy atom. The molecule has 0 saturated carbocycles. The summed E-state index contributed by atoms with van der Waals surface area (Å²) in [6.45, 7) is 13.4. The molecule has 1 heterocycles. The molecule has 0 aromatic heterocycles. The fourth-order valence-electron chi connectivity index (χ4n) is 2.29. The maximum absolute atomic E-state index is 12.1. The van der Waals surface area contributed by atoms with Crippen molar-refractivity contribution in [2.45, 2.75) is 51.0 Å². The summed E-state index contributed by atoms with van der Waals surface area (Å²) >= 11 is 0.